The molecule has 1 fully saturated rings. The van der Waals surface area contributed by atoms with Crippen LogP contribution in [-0.4, -0.2) is 19.1 Å². The summed E-state index contributed by atoms with van der Waals surface area (Å²) < 4.78 is 0. The molecule has 0 aliphatic carbocycles. The van der Waals surface area contributed by atoms with Gasteiger partial charge in [-0.15, -0.1) is 0 Å². The molecule has 0 saturated carbocycles. The van der Waals surface area contributed by atoms with E-state index in [0.717, 1.165) is 25.4 Å². The third-order valence-electron chi connectivity index (χ3n) is 4.14. The number of fused-ring (bicyclic) bond motifs is 3. The molecule has 2 aliphatic rings. The normalized spacial score (nSPS) is 30.5. The Balaban J connectivity index is 1.87. The minimum absolute atomic E-state index is 0.551. The standard InChI is InChI=1S/C14H21N3/c15-8-3-6-13-11-7-9-16-14(11)10-4-1-2-5-12(10)17-13/h1-2,4-5,11,13-14,16-17H,3,6-9,15H2/t11-,13-,14+/m0/s1. The maximum absolute atomic E-state index is 5.63. The first-order valence-corrected chi connectivity index (χ1v) is 6.69. The molecule has 0 spiro atoms. The molecule has 0 bridgehead atoms. The number of benzene rings is 1. The summed E-state index contributed by atoms with van der Waals surface area (Å²) in [6, 6.07) is 9.83. The van der Waals surface area contributed by atoms with Gasteiger partial charge in [0.25, 0.3) is 0 Å². The fourth-order valence-corrected chi connectivity index (χ4v) is 3.33. The molecular weight excluding hydrogens is 210 g/mol. The molecule has 1 aromatic carbocycles. The molecule has 2 aliphatic heterocycles. The van der Waals surface area contributed by atoms with Crippen LogP contribution in [0.2, 0.25) is 0 Å². The number of nitrogens with two attached hydrogens (primary N) is 1. The van der Waals surface area contributed by atoms with E-state index in [1.807, 2.05) is 0 Å². The zero-order chi connectivity index (χ0) is 11.7. The fourth-order valence-electron chi connectivity index (χ4n) is 3.33. The van der Waals surface area contributed by atoms with Gasteiger partial charge >= 0.3 is 0 Å². The van der Waals surface area contributed by atoms with Crippen LogP contribution in [0.15, 0.2) is 24.3 Å². The largest absolute Gasteiger partial charge is 0.382 e. The van der Waals surface area contributed by atoms with E-state index < -0.39 is 0 Å². The van der Waals surface area contributed by atoms with Crippen LogP contribution in [0.5, 0.6) is 0 Å². The van der Waals surface area contributed by atoms with Crippen molar-refractivity contribution in [1.82, 2.24) is 5.32 Å². The Bertz CT molecular complexity index is 391. The average molecular weight is 231 g/mol. The second-order valence-corrected chi connectivity index (χ2v) is 5.15. The first kappa shape index (κ1) is 11.1. The van der Waals surface area contributed by atoms with Crippen LogP contribution >= 0.6 is 0 Å². The lowest BCUT2D eigenvalue weighted by atomic mass is 9.81. The lowest BCUT2D eigenvalue weighted by molar-refractivity contribution is 0.364. The Morgan fingerprint density at radius 2 is 2.18 bits per heavy atom. The number of nitrogens with one attached hydrogen (secondary N) is 2. The average Bonchev–Trinajstić information content (AvgIpc) is 2.85. The quantitative estimate of drug-likeness (QED) is 0.744. The van der Waals surface area contributed by atoms with Gasteiger partial charge in [0.15, 0.2) is 0 Å². The highest BCUT2D eigenvalue weighted by molar-refractivity contribution is 5.56. The zero-order valence-corrected chi connectivity index (χ0v) is 10.2. The van der Waals surface area contributed by atoms with E-state index in [2.05, 4.69) is 34.9 Å². The Kier molecular flexibility index (Phi) is 3.04. The van der Waals surface area contributed by atoms with Crippen molar-refractivity contribution in [1.29, 1.82) is 0 Å². The molecule has 1 saturated heterocycles. The zero-order valence-electron chi connectivity index (χ0n) is 10.2. The van der Waals surface area contributed by atoms with Crippen molar-refractivity contribution in [3.8, 4) is 0 Å². The summed E-state index contributed by atoms with van der Waals surface area (Å²) in [4.78, 5) is 0. The number of rotatable bonds is 3. The summed E-state index contributed by atoms with van der Waals surface area (Å²) in [6.07, 6.45) is 3.58. The Morgan fingerprint density at radius 3 is 3.06 bits per heavy atom. The van der Waals surface area contributed by atoms with Gasteiger partial charge in [0.2, 0.25) is 0 Å². The van der Waals surface area contributed by atoms with Gasteiger partial charge in [0.1, 0.15) is 0 Å². The van der Waals surface area contributed by atoms with Crippen LogP contribution in [0.4, 0.5) is 5.69 Å². The Labute approximate surface area is 103 Å². The van der Waals surface area contributed by atoms with E-state index in [1.165, 1.54) is 24.1 Å². The van der Waals surface area contributed by atoms with Gasteiger partial charge in [0.05, 0.1) is 0 Å². The summed E-state index contributed by atoms with van der Waals surface area (Å²) >= 11 is 0. The van der Waals surface area contributed by atoms with Crippen molar-refractivity contribution in [3.05, 3.63) is 29.8 Å². The molecule has 4 N–H and O–H groups in total. The van der Waals surface area contributed by atoms with Gasteiger partial charge in [-0.25, -0.2) is 0 Å². The minimum atomic E-state index is 0.551. The molecule has 0 unspecified atom stereocenters. The van der Waals surface area contributed by atoms with Crippen molar-refractivity contribution >= 4 is 5.69 Å². The van der Waals surface area contributed by atoms with E-state index in [-0.39, 0.29) is 0 Å². The third kappa shape index (κ3) is 1.94. The van der Waals surface area contributed by atoms with E-state index >= 15 is 0 Å². The van der Waals surface area contributed by atoms with Gasteiger partial charge in [-0.3, -0.25) is 0 Å². The molecule has 92 valence electrons. The smallest absolute Gasteiger partial charge is 0.0391 e. The molecule has 3 rings (SSSR count). The van der Waals surface area contributed by atoms with Gasteiger partial charge in [-0.05, 0) is 49.9 Å². The van der Waals surface area contributed by atoms with Gasteiger partial charge in [-0.2, -0.15) is 0 Å². The van der Waals surface area contributed by atoms with Crippen LogP contribution < -0.4 is 16.4 Å². The SMILES string of the molecule is NCCC[C@@H]1Nc2ccccc2[C@H]2NCC[C@@H]12. The molecule has 3 nitrogen and oxygen atoms in total. The fraction of sp³-hybridized carbons (Fsp3) is 0.571. The summed E-state index contributed by atoms with van der Waals surface area (Å²) in [7, 11) is 0. The van der Waals surface area contributed by atoms with Crippen LogP contribution in [0, 0.1) is 5.92 Å². The van der Waals surface area contributed by atoms with Gasteiger partial charge in [0, 0.05) is 17.8 Å². The van der Waals surface area contributed by atoms with Crippen LogP contribution in [0.1, 0.15) is 30.9 Å². The van der Waals surface area contributed by atoms with Crippen molar-refractivity contribution < 1.29 is 0 Å². The summed E-state index contributed by atoms with van der Waals surface area (Å²) in [6.45, 7) is 1.94. The Hall–Kier alpha value is -1.06. The first-order chi connectivity index (χ1) is 8.40. The summed E-state index contributed by atoms with van der Waals surface area (Å²) in [5.74, 6) is 0.733. The number of anilines is 1. The number of para-hydroxylation sites is 1. The lowest BCUT2D eigenvalue weighted by Gasteiger charge is -2.37. The second kappa shape index (κ2) is 4.67. The van der Waals surface area contributed by atoms with E-state index in [9.17, 15) is 0 Å². The number of hydrogen-bond donors (Lipinski definition) is 3. The second-order valence-electron chi connectivity index (χ2n) is 5.15. The van der Waals surface area contributed by atoms with Crippen molar-refractivity contribution in [2.24, 2.45) is 11.7 Å². The highest BCUT2D eigenvalue weighted by Crippen LogP contribution is 2.42. The van der Waals surface area contributed by atoms with Crippen LogP contribution in [0.25, 0.3) is 0 Å². The highest BCUT2D eigenvalue weighted by Gasteiger charge is 2.38. The first-order valence-electron chi connectivity index (χ1n) is 6.69. The highest BCUT2D eigenvalue weighted by atomic mass is 15.0. The minimum Gasteiger partial charge on any atom is -0.382 e. The van der Waals surface area contributed by atoms with E-state index in [0.29, 0.717) is 12.1 Å². The van der Waals surface area contributed by atoms with Crippen molar-refractivity contribution in [2.75, 3.05) is 18.4 Å². The predicted octanol–water partition coefficient (Wildman–Crippen LogP) is 1.87. The molecule has 0 radical (unpaired) electrons. The molecule has 3 atom stereocenters. The number of hydrogen-bond acceptors (Lipinski definition) is 3. The van der Waals surface area contributed by atoms with Crippen LogP contribution in [-0.2, 0) is 0 Å². The maximum Gasteiger partial charge on any atom is 0.0391 e. The van der Waals surface area contributed by atoms with Crippen LogP contribution in [0.3, 0.4) is 0 Å². The lowest BCUT2D eigenvalue weighted by Crippen LogP contribution is -2.38. The summed E-state index contributed by atoms with van der Waals surface area (Å²) in [5.41, 5.74) is 8.39. The molecular formula is C14H21N3. The maximum atomic E-state index is 5.63. The monoisotopic (exact) mass is 231 g/mol. The van der Waals surface area contributed by atoms with E-state index in [1.54, 1.807) is 0 Å². The summed E-state index contributed by atoms with van der Waals surface area (Å²) in [5, 5.41) is 7.36. The molecule has 0 amide bonds. The molecule has 2 heterocycles. The predicted molar refractivity (Wildman–Crippen MR) is 71.0 cm³/mol. The third-order valence-corrected chi connectivity index (χ3v) is 4.14. The Morgan fingerprint density at radius 1 is 1.29 bits per heavy atom. The van der Waals surface area contributed by atoms with Crippen molar-refractivity contribution in [3.63, 3.8) is 0 Å². The molecule has 1 aromatic rings. The van der Waals surface area contributed by atoms with Crippen molar-refractivity contribution in [2.45, 2.75) is 31.3 Å². The molecule has 17 heavy (non-hydrogen) atoms. The van der Waals surface area contributed by atoms with Gasteiger partial charge < -0.3 is 16.4 Å². The molecule has 3 heteroatoms. The topological polar surface area (TPSA) is 50.1 Å². The van der Waals surface area contributed by atoms with Gasteiger partial charge in [-0.1, -0.05) is 18.2 Å². The van der Waals surface area contributed by atoms with E-state index in [4.69, 9.17) is 5.73 Å². The molecule has 0 aromatic heterocycles.